The Morgan fingerprint density at radius 3 is 2.10 bits per heavy atom. The molecule has 3 N–H and O–H groups in total. The summed E-state index contributed by atoms with van der Waals surface area (Å²) in [6.45, 7) is 2.57. The Balaban J connectivity index is 1.58. The van der Waals surface area contributed by atoms with E-state index in [9.17, 15) is 40.7 Å². The summed E-state index contributed by atoms with van der Waals surface area (Å²) in [5.74, 6) is -3.32. The van der Waals surface area contributed by atoms with E-state index in [0.29, 0.717) is 23.4 Å². The molecule has 284 valence electrons. The normalized spacial score (nSPS) is 11.7. The molecular formula is C33H39F6N7O6. The predicted octanol–water partition coefficient (Wildman–Crippen LogP) is 6.41. The van der Waals surface area contributed by atoms with E-state index in [4.69, 9.17) is 9.47 Å². The van der Waals surface area contributed by atoms with Crippen LogP contribution >= 0.6 is 0 Å². The smallest absolute Gasteiger partial charge is 0.456 e. The van der Waals surface area contributed by atoms with Crippen molar-refractivity contribution in [3.8, 4) is 6.01 Å². The third kappa shape index (κ3) is 15.7. The number of esters is 1. The maximum atomic E-state index is 13.4. The number of anilines is 3. The van der Waals surface area contributed by atoms with Gasteiger partial charge in [-0.2, -0.15) is 41.3 Å². The van der Waals surface area contributed by atoms with Gasteiger partial charge in [-0.25, -0.2) is 9.59 Å². The van der Waals surface area contributed by atoms with E-state index in [0.717, 1.165) is 5.56 Å². The molecule has 52 heavy (non-hydrogen) atoms. The van der Waals surface area contributed by atoms with Crippen molar-refractivity contribution >= 4 is 35.6 Å². The lowest BCUT2D eigenvalue weighted by Crippen LogP contribution is -2.43. The van der Waals surface area contributed by atoms with Crippen LogP contribution in [0.2, 0.25) is 0 Å². The van der Waals surface area contributed by atoms with Crippen molar-refractivity contribution in [1.29, 1.82) is 0 Å². The maximum absolute atomic E-state index is 13.4. The Bertz CT molecular complexity index is 1600. The molecule has 0 fully saturated rings. The molecule has 2 aromatic carbocycles. The lowest BCUT2D eigenvalue weighted by Gasteiger charge is -2.24. The van der Waals surface area contributed by atoms with Crippen LogP contribution in [0.4, 0.5) is 48.7 Å². The summed E-state index contributed by atoms with van der Waals surface area (Å²) in [4.78, 5) is 48.5. The molecule has 0 aliphatic rings. The fourth-order valence-electron chi connectivity index (χ4n) is 4.22. The van der Waals surface area contributed by atoms with Crippen LogP contribution in [0.5, 0.6) is 6.01 Å². The summed E-state index contributed by atoms with van der Waals surface area (Å²) in [5, 5.41) is 7.88. The highest BCUT2D eigenvalue weighted by Gasteiger charge is 2.42. The highest BCUT2D eigenvalue weighted by atomic mass is 19.4. The number of amides is 2. The van der Waals surface area contributed by atoms with Gasteiger partial charge in [-0.15, -0.1) is 0 Å². The third-order valence-corrected chi connectivity index (χ3v) is 6.54. The van der Waals surface area contributed by atoms with E-state index in [1.807, 2.05) is 6.07 Å². The summed E-state index contributed by atoms with van der Waals surface area (Å²) in [5.41, 5.74) is 0.605. The van der Waals surface area contributed by atoms with Gasteiger partial charge in [-0.05, 0) is 69.9 Å². The second kappa shape index (κ2) is 18.8. The molecule has 0 atom stereocenters. The van der Waals surface area contributed by atoms with Crippen LogP contribution in [0.15, 0.2) is 54.6 Å². The van der Waals surface area contributed by atoms with Crippen molar-refractivity contribution in [3.63, 3.8) is 0 Å². The molecule has 0 aliphatic carbocycles. The van der Waals surface area contributed by atoms with Crippen molar-refractivity contribution < 1.29 is 54.9 Å². The first kappa shape index (κ1) is 41.1. The molecular weight excluding hydrogens is 704 g/mol. The Morgan fingerprint density at radius 2 is 1.46 bits per heavy atom. The number of hydrogen-bond donors (Lipinski definition) is 3. The first-order chi connectivity index (χ1) is 24.4. The Kier molecular flexibility index (Phi) is 14.8. The number of hydrogen-bond acceptors (Lipinski definition) is 11. The second-order valence-corrected chi connectivity index (χ2v) is 12.1. The molecule has 0 aliphatic heterocycles. The predicted molar refractivity (Wildman–Crippen MR) is 176 cm³/mol. The van der Waals surface area contributed by atoms with Crippen LogP contribution in [0, 0.1) is 0 Å². The maximum Gasteiger partial charge on any atom is 0.471 e. The van der Waals surface area contributed by atoms with Gasteiger partial charge in [0.25, 0.3) is 0 Å². The van der Waals surface area contributed by atoms with Crippen molar-refractivity contribution in [2.75, 3.05) is 43.4 Å². The standard InChI is InChI=1S/C33H39F6N7O6/c1-31(2,3)52-25(47)23-12-14-24(15-13-23)42-28-43-27(44-29(45-28)51-21-32(34,35)36)40-17-19-46(26(48)33(37,38)39)18-9-5-8-16-41-30(49)50-20-22-10-6-4-7-11-22/h4,6-7,10-15H,5,8-9,16-21H2,1-3H3,(H,41,49)(H2,40,42,43,44,45). The first-order valence-electron chi connectivity index (χ1n) is 16.0. The first-order valence-corrected chi connectivity index (χ1v) is 16.0. The number of alkyl halides is 6. The van der Waals surface area contributed by atoms with E-state index in [1.165, 1.54) is 24.3 Å². The molecule has 1 heterocycles. The minimum absolute atomic E-state index is 0.0741. The van der Waals surface area contributed by atoms with E-state index in [2.05, 4.69) is 35.6 Å². The molecule has 0 unspecified atom stereocenters. The number of ether oxygens (including phenoxy) is 3. The third-order valence-electron chi connectivity index (χ3n) is 6.54. The minimum atomic E-state index is -5.16. The summed E-state index contributed by atoms with van der Waals surface area (Å²) in [6, 6.07) is 14.0. The molecule has 0 saturated carbocycles. The van der Waals surface area contributed by atoms with Crippen LogP contribution in [0.1, 0.15) is 56.0 Å². The highest BCUT2D eigenvalue weighted by molar-refractivity contribution is 5.90. The molecule has 0 saturated heterocycles. The van der Waals surface area contributed by atoms with Gasteiger partial charge in [0.2, 0.25) is 11.9 Å². The highest BCUT2D eigenvalue weighted by Crippen LogP contribution is 2.22. The summed E-state index contributed by atoms with van der Waals surface area (Å²) >= 11 is 0. The van der Waals surface area contributed by atoms with E-state index in [-0.39, 0.29) is 50.1 Å². The molecule has 3 rings (SSSR count). The van der Waals surface area contributed by atoms with Crippen LogP contribution in [-0.4, -0.2) is 88.6 Å². The number of alkyl carbamates (subject to hydrolysis) is 1. The number of aromatic nitrogens is 3. The zero-order valence-corrected chi connectivity index (χ0v) is 28.6. The molecule has 0 spiro atoms. The van der Waals surface area contributed by atoms with Gasteiger partial charge < -0.3 is 35.1 Å². The monoisotopic (exact) mass is 743 g/mol. The topological polar surface area (TPSA) is 157 Å². The molecule has 1 aromatic heterocycles. The lowest BCUT2D eigenvalue weighted by atomic mass is 10.1. The molecule has 13 nitrogen and oxygen atoms in total. The number of halogens is 6. The van der Waals surface area contributed by atoms with Gasteiger partial charge in [0.15, 0.2) is 6.61 Å². The number of unbranched alkanes of at least 4 members (excludes halogenated alkanes) is 2. The van der Waals surface area contributed by atoms with Crippen LogP contribution in [0.25, 0.3) is 0 Å². The van der Waals surface area contributed by atoms with Crippen molar-refractivity contribution in [2.45, 2.75) is 64.6 Å². The van der Waals surface area contributed by atoms with Crippen molar-refractivity contribution in [3.05, 3.63) is 65.7 Å². The average molecular weight is 744 g/mol. The second-order valence-electron chi connectivity index (χ2n) is 12.1. The van der Waals surface area contributed by atoms with E-state index in [1.54, 1.807) is 45.0 Å². The molecule has 3 aromatic rings. The number of carbonyl (C=O) groups is 3. The van der Waals surface area contributed by atoms with Gasteiger partial charge in [0.1, 0.15) is 12.2 Å². The van der Waals surface area contributed by atoms with E-state index < -0.39 is 55.1 Å². The largest absolute Gasteiger partial charge is 0.471 e. The molecule has 19 heteroatoms. The number of nitrogens with one attached hydrogen (secondary N) is 3. The number of carbonyl (C=O) groups excluding carboxylic acids is 3. The molecule has 0 radical (unpaired) electrons. The summed E-state index contributed by atoms with van der Waals surface area (Å²) < 4.78 is 93.6. The lowest BCUT2D eigenvalue weighted by molar-refractivity contribution is -0.185. The SMILES string of the molecule is CC(C)(C)OC(=O)c1ccc(Nc2nc(NCCN(CCCCCNC(=O)OCc3ccccc3)C(=O)C(F)(F)F)nc(OCC(F)(F)F)n2)cc1. The fraction of sp³-hybridized carbons (Fsp3) is 0.455. The quantitative estimate of drug-likeness (QED) is 0.0798. The molecule has 0 bridgehead atoms. The fourth-order valence-corrected chi connectivity index (χ4v) is 4.22. The summed E-state index contributed by atoms with van der Waals surface area (Å²) in [6.07, 6.45) is -9.60. The van der Waals surface area contributed by atoms with Gasteiger partial charge in [0, 0.05) is 31.9 Å². The summed E-state index contributed by atoms with van der Waals surface area (Å²) in [7, 11) is 0. The Hall–Kier alpha value is -5.36. The van der Waals surface area contributed by atoms with E-state index >= 15 is 0 Å². The van der Waals surface area contributed by atoms with Crippen molar-refractivity contribution in [2.24, 2.45) is 0 Å². The molecule has 2 amide bonds. The Morgan fingerprint density at radius 1 is 0.788 bits per heavy atom. The van der Waals surface area contributed by atoms with Crippen LogP contribution in [0.3, 0.4) is 0 Å². The average Bonchev–Trinajstić information content (AvgIpc) is 3.06. The minimum Gasteiger partial charge on any atom is -0.456 e. The number of rotatable bonds is 17. The Labute approximate surface area is 295 Å². The number of nitrogens with zero attached hydrogens (tertiary/aromatic N) is 4. The van der Waals surface area contributed by atoms with Gasteiger partial charge in [-0.3, -0.25) is 4.79 Å². The van der Waals surface area contributed by atoms with Gasteiger partial charge in [-0.1, -0.05) is 30.3 Å². The van der Waals surface area contributed by atoms with Crippen LogP contribution in [-0.2, 0) is 20.9 Å². The zero-order chi connectivity index (χ0) is 38.4. The zero-order valence-electron chi connectivity index (χ0n) is 28.6. The van der Waals surface area contributed by atoms with Gasteiger partial charge in [0.05, 0.1) is 5.56 Å². The number of benzene rings is 2. The van der Waals surface area contributed by atoms with Gasteiger partial charge >= 0.3 is 36.3 Å². The van der Waals surface area contributed by atoms with Crippen LogP contribution < -0.4 is 20.7 Å². The van der Waals surface area contributed by atoms with Crippen molar-refractivity contribution in [1.82, 2.24) is 25.2 Å².